The Morgan fingerprint density at radius 2 is 1.81 bits per heavy atom. The maximum atomic E-state index is 11.4. The molecule has 0 aromatic carbocycles. The third-order valence-electron chi connectivity index (χ3n) is 1.51. The molecule has 0 aliphatic rings. The molecule has 0 aliphatic heterocycles. The fourth-order valence-corrected chi connectivity index (χ4v) is 1.74. The average molecular weight is 249 g/mol. The Bertz CT molecular complexity index is 269. The molecule has 0 bridgehead atoms. The van der Waals surface area contributed by atoms with Gasteiger partial charge in [-0.2, -0.15) is 11.4 Å². The van der Waals surface area contributed by atoms with Crippen LogP contribution in [0.15, 0.2) is 0 Å². The number of amides is 1. The van der Waals surface area contributed by atoms with Gasteiger partial charge in [-0.25, -0.2) is 4.79 Å². The molecule has 0 heterocycles. The Labute approximate surface area is 101 Å². The van der Waals surface area contributed by atoms with E-state index in [-0.39, 0.29) is 11.1 Å². The summed E-state index contributed by atoms with van der Waals surface area (Å²) in [6.45, 7) is 11.1. The molecule has 0 rings (SSSR count). The summed E-state index contributed by atoms with van der Waals surface area (Å²) in [5, 5.41) is 12.8. The lowest BCUT2D eigenvalue weighted by atomic mass is 10.2. The van der Waals surface area contributed by atoms with Crippen LogP contribution in [0.3, 0.4) is 0 Å². The van der Waals surface area contributed by atoms with Gasteiger partial charge in [0, 0.05) is 0 Å². The van der Waals surface area contributed by atoms with E-state index in [1.165, 1.54) is 0 Å². The molecule has 4 nitrogen and oxygen atoms in total. The largest absolute Gasteiger partial charge is 0.444 e. The first-order valence-electron chi connectivity index (χ1n) is 5.38. The van der Waals surface area contributed by atoms with E-state index in [0.717, 1.165) is 11.4 Å². The number of aliphatic hydroxyl groups is 1. The Balaban J connectivity index is 4.25. The number of ether oxygens (including phenoxy) is 1. The van der Waals surface area contributed by atoms with Crippen LogP contribution in [-0.2, 0) is 4.74 Å². The molecule has 0 unspecified atom stereocenters. The van der Waals surface area contributed by atoms with Crippen molar-refractivity contribution in [1.82, 2.24) is 5.32 Å². The van der Waals surface area contributed by atoms with Crippen LogP contribution in [0, 0.1) is 0 Å². The molecule has 1 amide bonds. The fraction of sp³-hybridized carbons (Fsp3) is 0.818. The predicted octanol–water partition coefficient (Wildman–Crippen LogP) is 2.46. The van der Waals surface area contributed by atoms with Gasteiger partial charge in [-0.05, 0) is 32.9 Å². The number of carbonyl (C=O) groups excluding carboxylic acids is 1. The lowest BCUT2D eigenvalue weighted by Crippen LogP contribution is -2.41. The number of thiol groups is 1. The van der Waals surface area contributed by atoms with Crippen LogP contribution >= 0.6 is 11.4 Å². The Kier molecular flexibility index (Phi) is 6.04. The predicted molar refractivity (Wildman–Crippen MR) is 70.6 cm³/mol. The topological polar surface area (TPSA) is 58.6 Å². The maximum Gasteiger partial charge on any atom is 0.408 e. The van der Waals surface area contributed by atoms with Crippen LogP contribution < -0.4 is 5.32 Å². The first kappa shape index (κ1) is 15.4. The molecule has 0 aliphatic carbocycles. The van der Waals surface area contributed by atoms with Crippen LogP contribution in [0.1, 0.15) is 41.5 Å². The third-order valence-corrected chi connectivity index (χ3v) is 2.68. The van der Waals surface area contributed by atoms with Gasteiger partial charge < -0.3 is 15.2 Å². The highest BCUT2D eigenvalue weighted by molar-refractivity contribution is 7.99. The fourth-order valence-electron chi connectivity index (χ4n) is 0.925. The SMILES string of the molecule is CC(C)[SH]=C(O)[C@H](C)NC(=O)OC(C)(C)C. The van der Waals surface area contributed by atoms with Crippen molar-refractivity contribution >= 4 is 22.5 Å². The van der Waals surface area contributed by atoms with Gasteiger partial charge in [0.1, 0.15) is 5.60 Å². The second-order valence-corrected chi connectivity index (χ2v) is 6.70. The van der Waals surface area contributed by atoms with Gasteiger partial charge in [-0.1, -0.05) is 13.8 Å². The van der Waals surface area contributed by atoms with Crippen molar-refractivity contribution in [2.45, 2.75) is 58.4 Å². The summed E-state index contributed by atoms with van der Waals surface area (Å²) in [6, 6.07) is -0.390. The molecule has 2 N–H and O–H groups in total. The molecule has 1 atom stereocenters. The van der Waals surface area contributed by atoms with Crippen molar-refractivity contribution in [3.63, 3.8) is 0 Å². The van der Waals surface area contributed by atoms with E-state index in [4.69, 9.17) is 4.74 Å². The summed E-state index contributed by atoms with van der Waals surface area (Å²) in [4.78, 5) is 11.4. The standard InChI is InChI=1S/C11H23NO3S/c1-7(2)16-9(13)8(3)12-10(14)15-11(4,5)6/h7-8,13,16H,1-6H3,(H,12,14)/t8-/m0/s1. The van der Waals surface area contributed by atoms with Gasteiger partial charge in [0.05, 0.1) is 11.1 Å². The van der Waals surface area contributed by atoms with Gasteiger partial charge in [0.15, 0.2) is 0 Å². The van der Waals surface area contributed by atoms with E-state index in [1.54, 1.807) is 27.7 Å². The van der Waals surface area contributed by atoms with Crippen LogP contribution in [0.25, 0.3) is 0 Å². The number of hydrogen-bond acceptors (Lipinski definition) is 2. The average Bonchev–Trinajstić information content (AvgIpc) is 1.98. The molecule has 0 saturated heterocycles. The quantitative estimate of drug-likeness (QED) is 0.532. The van der Waals surface area contributed by atoms with E-state index in [1.807, 2.05) is 13.8 Å². The number of aliphatic hydroxyl groups excluding tert-OH is 1. The highest BCUT2D eigenvalue weighted by Crippen LogP contribution is 2.07. The van der Waals surface area contributed by atoms with Crippen LogP contribution in [-0.4, -0.2) is 33.1 Å². The van der Waals surface area contributed by atoms with Gasteiger partial charge in [0.2, 0.25) is 0 Å². The molecule has 16 heavy (non-hydrogen) atoms. The van der Waals surface area contributed by atoms with Gasteiger partial charge in [-0.15, -0.1) is 0 Å². The zero-order chi connectivity index (χ0) is 12.9. The second-order valence-electron chi connectivity index (χ2n) is 4.95. The molecule has 0 spiro atoms. The number of hydrogen-bond donors (Lipinski definition) is 3. The van der Waals surface area contributed by atoms with Crippen LogP contribution in [0.4, 0.5) is 4.79 Å². The minimum Gasteiger partial charge on any atom is -0.444 e. The van der Waals surface area contributed by atoms with Crippen molar-refractivity contribution < 1.29 is 14.6 Å². The summed E-state index contributed by atoms with van der Waals surface area (Å²) in [6.07, 6.45) is -0.509. The first-order chi connectivity index (χ1) is 7.11. The first-order valence-corrected chi connectivity index (χ1v) is 6.34. The molecular weight excluding hydrogens is 226 g/mol. The number of rotatable bonds is 3. The van der Waals surface area contributed by atoms with Crippen molar-refractivity contribution in [2.75, 3.05) is 0 Å². The Morgan fingerprint density at radius 1 is 1.31 bits per heavy atom. The highest BCUT2D eigenvalue weighted by atomic mass is 32.1. The minimum atomic E-state index is -0.519. The van der Waals surface area contributed by atoms with E-state index in [9.17, 15) is 9.90 Å². The zero-order valence-corrected chi connectivity index (χ0v) is 11.8. The van der Waals surface area contributed by atoms with Crippen molar-refractivity contribution in [2.24, 2.45) is 0 Å². The normalized spacial score (nSPS) is 15.4. The third kappa shape index (κ3) is 7.70. The van der Waals surface area contributed by atoms with Crippen molar-refractivity contribution in [1.29, 1.82) is 0 Å². The molecule has 0 radical (unpaired) electrons. The molecule has 0 saturated carbocycles. The number of carbonyl (C=O) groups is 1. The number of nitrogens with one attached hydrogen (secondary N) is 1. The van der Waals surface area contributed by atoms with E-state index in [2.05, 4.69) is 5.32 Å². The summed E-state index contributed by atoms with van der Waals surface area (Å²) < 4.78 is 5.09. The molecule has 0 fully saturated rings. The van der Waals surface area contributed by atoms with Crippen molar-refractivity contribution in [3.05, 3.63) is 0 Å². The number of alkyl carbamates (subject to hydrolysis) is 1. The maximum absolute atomic E-state index is 11.4. The monoisotopic (exact) mass is 249 g/mol. The van der Waals surface area contributed by atoms with Gasteiger partial charge >= 0.3 is 6.09 Å². The van der Waals surface area contributed by atoms with Crippen LogP contribution in [0.2, 0.25) is 0 Å². The summed E-state index contributed by atoms with van der Waals surface area (Å²) in [7, 11) is 0. The van der Waals surface area contributed by atoms with Gasteiger partial charge in [0.25, 0.3) is 0 Å². The molecule has 96 valence electrons. The zero-order valence-electron chi connectivity index (χ0n) is 10.9. The summed E-state index contributed by atoms with van der Waals surface area (Å²) in [5.74, 6) is 0. The van der Waals surface area contributed by atoms with E-state index >= 15 is 0 Å². The van der Waals surface area contributed by atoms with Crippen molar-refractivity contribution in [3.8, 4) is 0 Å². The van der Waals surface area contributed by atoms with E-state index < -0.39 is 11.7 Å². The molecule has 5 heteroatoms. The minimum absolute atomic E-state index is 0.251. The molecular formula is C11H23NO3S. The lowest BCUT2D eigenvalue weighted by Gasteiger charge is -2.22. The smallest absolute Gasteiger partial charge is 0.408 e. The second kappa shape index (κ2) is 6.25. The molecule has 0 aromatic rings. The highest BCUT2D eigenvalue weighted by Gasteiger charge is 2.18. The van der Waals surface area contributed by atoms with Gasteiger partial charge in [-0.3, -0.25) is 0 Å². The Morgan fingerprint density at radius 3 is 2.19 bits per heavy atom. The van der Waals surface area contributed by atoms with Crippen LogP contribution in [0.5, 0.6) is 0 Å². The lowest BCUT2D eigenvalue weighted by molar-refractivity contribution is 0.0518. The van der Waals surface area contributed by atoms with E-state index in [0.29, 0.717) is 5.25 Å². The molecule has 0 aromatic heterocycles. The summed E-state index contributed by atoms with van der Waals surface area (Å²) in [5.41, 5.74) is -0.519. The Hall–Kier alpha value is -0.550. The summed E-state index contributed by atoms with van der Waals surface area (Å²) >= 11 is 0.828.